The van der Waals surface area contributed by atoms with E-state index in [0.717, 1.165) is 0 Å². The van der Waals surface area contributed by atoms with Gasteiger partial charge in [-0.2, -0.15) is 4.39 Å². The maximum absolute atomic E-state index is 13.5. The Morgan fingerprint density at radius 2 is 2.24 bits per heavy atom. The molecule has 1 rings (SSSR count). The summed E-state index contributed by atoms with van der Waals surface area (Å²) < 4.78 is 18.1. The average Bonchev–Trinajstić information content (AvgIpc) is 2.23. The second-order valence-corrected chi connectivity index (χ2v) is 3.96. The van der Waals surface area contributed by atoms with Gasteiger partial charge in [0.1, 0.15) is 0 Å². The van der Waals surface area contributed by atoms with Crippen molar-refractivity contribution in [2.24, 2.45) is 0 Å². The smallest absolute Gasteiger partial charge is 0.310 e. The van der Waals surface area contributed by atoms with Crippen LogP contribution in [0.2, 0.25) is 0 Å². The number of nitrogens with zero attached hydrogens (tertiary/aromatic N) is 1. The molecule has 0 heterocycles. The van der Waals surface area contributed by atoms with Crippen LogP contribution in [0, 0.1) is 15.9 Å². The number of benzene rings is 1. The largest absolute Gasteiger partial charge is 0.466 e. The van der Waals surface area contributed by atoms with Gasteiger partial charge in [-0.25, -0.2) is 0 Å². The summed E-state index contributed by atoms with van der Waals surface area (Å²) in [4.78, 5) is 21.1. The molecule has 0 radical (unpaired) electrons. The second-order valence-electron chi connectivity index (χ2n) is 3.11. The van der Waals surface area contributed by atoms with Gasteiger partial charge in [0.15, 0.2) is 0 Å². The van der Waals surface area contributed by atoms with Crippen LogP contribution in [0.25, 0.3) is 0 Å². The molecule has 0 spiro atoms. The Kier molecular flexibility index (Phi) is 4.56. The normalized spacial score (nSPS) is 10.1. The fraction of sp³-hybridized carbons (Fsp3) is 0.300. The molecule has 92 valence electrons. The van der Waals surface area contributed by atoms with Crippen molar-refractivity contribution < 1.29 is 18.8 Å². The van der Waals surface area contributed by atoms with Crippen molar-refractivity contribution in [1.82, 2.24) is 0 Å². The molecule has 0 fully saturated rings. The molecule has 0 aliphatic rings. The molecule has 0 atom stereocenters. The van der Waals surface area contributed by atoms with Crippen molar-refractivity contribution in [3.63, 3.8) is 0 Å². The highest BCUT2D eigenvalue weighted by Crippen LogP contribution is 2.29. The number of ether oxygens (including phenoxy) is 1. The van der Waals surface area contributed by atoms with Gasteiger partial charge in [0, 0.05) is 5.56 Å². The van der Waals surface area contributed by atoms with E-state index in [1.807, 2.05) is 0 Å². The molecular formula is C10H9BrFNO4. The highest BCUT2D eigenvalue weighted by Gasteiger charge is 2.24. The third-order valence-corrected chi connectivity index (χ3v) is 2.59. The van der Waals surface area contributed by atoms with Crippen LogP contribution >= 0.6 is 15.9 Å². The standard InChI is InChI=1S/C10H9BrFNO4/c1-2-17-8(14)5-6-3-4-7(11)9(12)10(6)13(15)16/h3-4H,2,5H2,1H3. The number of hydrogen-bond donors (Lipinski definition) is 0. The minimum atomic E-state index is -0.989. The number of halogens is 2. The number of carbonyl (C=O) groups is 1. The first-order chi connectivity index (χ1) is 7.97. The summed E-state index contributed by atoms with van der Waals surface area (Å²) in [6.07, 6.45) is -0.325. The molecule has 0 aromatic heterocycles. The van der Waals surface area contributed by atoms with Gasteiger partial charge in [-0.15, -0.1) is 0 Å². The fourth-order valence-electron chi connectivity index (χ4n) is 1.29. The van der Waals surface area contributed by atoms with Crippen LogP contribution in [0.5, 0.6) is 0 Å². The van der Waals surface area contributed by atoms with E-state index in [0.29, 0.717) is 0 Å². The first-order valence-corrected chi connectivity index (χ1v) is 5.53. The molecule has 7 heteroatoms. The Morgan fingerprint density at radius 1 is 1.59 bits per heavy atom. The van der Waals surface area contributed by atoms with Crippen molar-refractivity contribution in [2.45, 2.75) is 13.3 Å². The molecule has 0 saturated heterocycles. The molecule has 1 aromatic carbocycles. The van der Waals surface area contributed by atoms with Crippen LogP contribution < -0.4 is 0 Å². The van der Waals surface area contributed by atoms with E-state index in [4.69, 9.17) is 0 Å². The first-order valence-electron chi connectivity index (χ1n) is 4.74. The van der Waals surface area contributed by atoms with E-state index in [-0.39, 0.29) is 23.1 Å². The Balaban J connectivity index is 3.11. The summed E-state index contributed by atoms with van der Waals surface area (Å²) in [5.41, 5.74) is -0.707. The molecule has 0 aliphatic carbocycles. The third kappa shape index (κ3) is 3.23. The van der Waals surface area contributed by atoms with Gasteiger partial charge in [0.05, 0.1) is 22.4 Å². The topological polar surface area (TPSA) is 69.4 Å². The number of hydrogen-bond acceptors (Lipinski definition) is 4. The summed E-state index contributed by atoms with van der Waals surface area (Å²) in [5.74, 6) is -1.62. The molecule has 0 unspecified atom stereocenters. The highest BCUT2D eigenvalue weighted by atomic mass is 79.9. The maximum Gasteiger partial charge on any atom is 0.310 e. The summed E-state index contributed by atoms with van der Waals surface area (Å²) in [7, 11) is 0. The van der Waals surface area contributed by atoms with Crippen LogP contribution in [0.15, 0.2) is 16.6 Å². The molecule has 0 amide bonds. The lowest BCUT2D eigenvalue weighted by Crippen LogP contribution is -2.10. The minimum absolute atomic E-state index is 0.00542. The Labute approximate surface area is 105 Å². The highest BCUT2D eigenvalue weighted by molar-refractivity contribution is 9.10. The average molecular weight is 306 g/mol. The predicted molar refractivity (Wildman–Crippen MR) is 61.1 cm³/mol. The SMILES string of the molecule is CCOC(=O)Cc1ccc(Br)c(F)c1[N+](=O)[O-]. The van der Waals surface area contributed by atoms with Gasteiger partial charge in [0.2, 0.25) is 5.82 Å². The van der Waals surface area contributed by atoms with Gasteiger partial charge in [-0.05, 0) is 28.9 Å². The quantitative estimate of drug-likeness (QED) is 0.487. The lowest BCUT2D eigenvalue weighted by Gasteiger charge is -2.04. The van der Waals surface area contributed by atoms with E-state index in [2.05, 4.69) is 20.7 Å². The third-order valence-electron chi connectivity index (χ3n) is 1.98. The fourth-order valence-corrected chi connectivity index (χ4v) is 1.61. The number of esters is 1. The number of rotatable bonds is 4. The zero-order valence-corrected chi connectivity index (χ0v) is 10.5. The van der Waals surface area contributed by atoms with Crippen LogP contribution in [-0.2, 0) is 16.0 Å². The number of nitro groups is 1. The van der Waals surface area contributed by atoms with Crippen molar-refractivity contribution in [1.29, 1.82) is 0 Å². The van der Waals surface area contributed by atoms with Crippen LogP contribution in [-0.4, -0.2) is 17.5 Å². The van der Waals surface area contributed by atoms with Crippen LogP contribution in [0.4, 0.5) is 10.1 Å². The Hall–Kier alpha value is -1.50. The molecular weight excluding hydrogens is 297 g/mol. The van der Waals surface area contributed by atoms with E-state index in [9.17, 15) is 19.3 Å². The van der Waals surface area contributed by atoms with Gasteiger partial charge in [-0.1, -0.05) is 6.07 Å². The number of carbonyl (C=O) groups excluding carboxylic acids is 1. The van der Waals surface area contributed by atoms with Crippen LogP contribution in [0.1, 0.15) is 12.5 Å². The summed E-state index contributed by atoms with van der Waals surface area (Å²) in [6, 6.07) is 2.64. The van der Waals surface area contributed by atoms with Gasteiger partial charge < -0.3 is 4.74 Å². The Bertz CT molecular complexity index is 464. The predicted octanol–water partition coefficient (Wildman–Crippen LogP) is 2.60. The monoisotopic (exact) mass is 305 g/mol. The molecule has 0 aliphatic heterocycles. The molecule has 0 bridgehead atoms. The maximum atomic E-state index is 13.5. The molecule has 0 N–H and O–H groups in total. The number of nitro benzene ring substituents is 1. The van der Waals surface area contributed by atoms with E-state index >= 15 is 0 Å². The lowest BCUT2D eigenvalue weighted by molar-refractivity contribution is -0.388. The zero-order chi connectivity index (χ0) is 13.0. The van der Waals surface area contributed by atoms with E-state index < -0.39 is 22.4 Å². The Morgan fingerprint density at radius 3 is 2.76 bits per heavy atom. The van der Waals surface area contributed by atoms with E-state index in [1.54, 1.807) is 6.92 Å². The minimum Gasteiger partial charge on any atom is -0.466 e. The summed E-state index contributed by atoms with van der Waals surface area (Å²) in [6.45, 7) is 1.79. The first kappa shape index (κ1) is 13.6. The van der Waals surface area contributed by atoms with Crippen molar-refractivity contribution in [3.8, 4) is 0 Å². The van der Waals surface area contributed by atoms with Crippen molar-refractivity contribution >= 4 is 27.6 Å². The molecule has 0 saturated carbocycles. The van der Waals surface area contributed by atoms with Crippen molar-refractivity contribution in [2.75, 3.05) is 6.61 Å². The molecule has 5 nitrogen and oxygen atoms in total. The van der Waals surface area contributed by atoms with Gasteiger partial charge in [-0.3, -0.25) is 14.9 Å². The molecule has 17 heavy (non-hydrogen) atoms. The van der Waals surface area contributed by atoms with Gasteiger partial charge >= 0.3 is 11.7 Å². The lowest BCUT2D eigenvalue weighted by atomic mass is 10.1. The summed E-state index contributed by atoms with van der Waals surface area (Å²) in [5, 5.41) is 10.7. The summed E-state index contributed by atoms with van der Waals surface area (Å²) >= 11 is 2.85. The van der Waals surface area contributed by atoms with Crippen molar-refractivity contribution in [3.05, 3.63) is 38.1 Å². The van der Waals surface area contributed by atoms with Gasteiger partial charge in [0.25, 0.3) is 0 Å². The van der Waals surface area contributed by atoms with E-state index in [1.165, 1.54) is 12.1 Å². The van der Waals surface area contributed by atoms with Crippen LogP contribution in [0.3, 0.4) is 0 Å². The molecule has 1 aromatic rings. The zero-order valence-electron chi connectivity index (χ0n) is 8.91. The second kappa shape index (κ2) is 5.72.